The van der Waals surface area contributed by atoms with Gasteiger partial charge >= 0.3 is 0 Å². The quantitative estimate of drug-likeness (QED) is 0.592. The largest absolute Gasteiger partial charge is 0.373 e. The summed E-state index contributed by atoms with van der Waals surface area (Å²) in [6.45, 7) is 1.72. The highest BCUT2D eigenvalue weighted by Gasteiger charge is 2.20. The van der Waals surface area contributed by atoms with Crippen molar-refractivity contribution in [3.8, 4) is 22.6 Å². The van der Waals surface area contributed by atoms with Crippen LogP contribution in [0.25, 0.3) is 22.6 Å². The Bertz CT molecular complexity index is 1060. The predicted molar refractivity (Wildman–Crippen MR) is 107 cm³/mol. The number of nitrogens with one attached hydrogen (secondary N) is 2. The van der Waals surface area contributed by atoms with Gasteiger partial charge in [0, 0.05) is 43.2 Å². The van der Waals surface area contributed by atoms with E-state index in [4.69, 9.17) is 4.74 Å². The van der Waals surface area contributed by atoms with Gasteiger partial charge in [0.2, 0.25) is 5.78 Å². The maximum atomic E-state index is 12.0. The van der Waals surface area contributed by atoms with E-state index >= 15 is 0 Å². The Morgan fingerprint density at radius 3 is 2.45 bits per heavy atom. The van der Waals surface area contributed by atoms with Crippen LogP contribution in [-0.4, -0.2) is 39.9 Å². The number of ketones is 1. The van der Waals surface area contributed by atoms with Crippen molar-refractivity contribution in [1.82, 2.24) is 20.3 Å². The minimum Gasteiger partial charge on any atom is -0.373 e. The van der Waals surface area contributed by atoms with Crippen molar-refractivity contribution in [2.45, 2.75) is 19.6 Å². The Labute approximate surface area is 167 Å². The van der Waals surface area contributed by atoms with Gasteiger partial charge < -0.3 is 15.0 Å². The molecule has 3 rings (SSSR count). The standard InChI is InChI=1S/C21H20N4O4/c1-13(29-2)19(27)21(28)23-12-14-3-5-16(6-4-14)20-24-17(11-18(26)25-20)15-7-9-22-10-8-15/h3-11,13H,12H2,1-2H3,(H,23,28)(H,24,25,26). The van der Waals surface area contributed by atoms with E-state index in [-0.39, 0.29) is 12.1 Å². The van der Waals surface area contributed by atoms with Crippen LogP contribution in [-0.2, 0) is 20.9 Å². The molecular weight excluding hydrogens is 372 g/mol. The van der Waals surface area contributed by atoms with Crippen LogP contribution in [0.2, 0.25) is 0 Å². The van der Waals surface area contributed by atoms with Gasteiger partial charge in [0.05, 0.1) is 5.69 Å². The first-order valence-corrected chi connectivity index (χ1v) is 8.94. The third kappa shape index (κ3) is 4.99. The van der Waals surface area contributed by atoms with Crippen LogP contribution in [0, 0.1) is 0 Å². The van der Waals surface area contributed by atoms with E-state index in [9.17, 15) is 14.4 Å². The maximum absolute atomic E-state index is 12.0. The lowest BCUT2D eigenvalue weighted by atomic mass is 10.1. The van der Waals surface area contributed by atoms with Crippen LogP contribution in [0.4, 0.5) is 0 Å². The Morgan fingerprint density at radius 1 is 1.10 bits per heavy atom. The Hall–Kier alpha value is -3.65. The highest BCUT2D eigenvalue weighted by atomic mass is 16.5. The lowest BCUT2D eigenvalue weighted by Crippen LogP contribution is -2.37. The summed E-state index contributed by atoms with van der Waals surface area (Å²) in [4.78, 5) is 46.8. The zero-order valence-electron chi connectivity index (χ0n) is 16.0. The third-order valence-electron chi connectivity index (χ3n) is 4.34. The molecule has 0 fully saturated rings. The summed E-state index contributed by atoms with van der Waals surface area (Å²) < 4.78 is 4.85. The predicted octanol–water partition coefficient (Wildman–Crippen LogP) is 1.72. The summed E-state index contributed by atoms with van der Waals surface area (Å²) in [6, 6.07) is 12.1. The van der Waals surface area contributed by atoms with Crippen molar-refractivity contribution in [2.75, 3.05) is 7.11 Å². The first-order chi connectivity index (χ1) is 14.0. The fourth-order valence-electron chi connectivity index (χ4n) is 2.61. The van der Waals surface area contributed by atoms with Crippen molar-refractivity contribution >= 4 is 11.7 Å². The van der Waals surface area contributed by atoms with Gasteiger partial charge in [-0.05, 0) is 24.6 Å². The number of ether oxygens (including phenoxy) is 1. The number of rotatable bonds is 7. The molecule has 2 heterocycles. The highest BCUT2D eigenvalue weighted by Crippen LogP contribution is 2.19. The molecule has 1 amide bonds. The fraction of sp³-hybridized carbons (Fsp3) is 0.190. The van der Waals surface area contributed by atoms with Gasteiger partial charge in [0.1, 0.15) is 11.9 Å². The van der Waals surface area contributed by atoms with Gasteiger partial charge in [0.15, 0.2) is 0 Å². The number of hydrogen-bond acceptors (Lipinski definition) is 6. The average molecular weight is 392 g/mol. The summed E-state index contributed by atoms with van der Waals surface area (Å²) in [5.41, 5.74) is 2.60. The lowest BCUT2D eigenvalue weighted by Gasteiger charge is -2.09. The van der Waals surface area contributed by atoms with Crippen LogP contribution in [0.15, 0.2) is 59.7 Å². The number of aromatic amines is 1. The molecule has 1 unspecified atom stereocenters. The zero-order valence-corrected chi connectivity index (χ0v) is 16.0. The summed E-state index contributed by atoms with van der Waals surface area (Å²) >= 11 is 0. The summed E-state index contributed by atoms with van der Waals surface area (Å²) in [5, 5.41) is 2.57. The number of amides is 1. The number of nitrogens with zero attached hydrogens (tertiary/aromatic N) is 2. The molecule has 29 heavy (non-hydrogen) atoms. The van der Waals surface area contributed by atoms with Crippen LogP contribution in [0.1, 0.15) is 12.5 Å². The molecule has 1 aromatic carbocycles. The molecule has 8 heteroatoms. The van der Waals surface area contributed by atoms with E-state index in [1.54, 1.807) is 48.8 Å². The van der Waals surface area contributed by atoms with Gasteiger partial charge in [-0.15, -0.1) is 0 Å². The molecule has 0 saturated heterocycles. The van der Waals surface area contributed by atoms with Gasteiger partial charge in [-0.3, -0.25) is 19.4 Å². The number of carbonyl (C=O) groups excluding carboxylic acids is 2. The number of methoxy groups -OCH3 is 1. The SMILES string of the molecule is COC(C)C(=O)C(=O)NCc1ccc(-c2nc(-c3ccncc3)cc(=O)[nH]2)cc1. The third-order valence-corrected chi connectivity index (χ3v) is 4.34. The molecule has 8 nitrogen and oxygen atoms in total. The van der Waals surface area contributed by atoms with Gasteiger partial charge in [0.25, 0.3) is 11.5 Å². The molecule has 1 atom stereocenters. The Balaban J connectivity index is 1.74. The number of benzene rings is 1. The molecule has 0 aliphatic carbocycles. The van der Waals surface area contributed by atoms with E-state index in [0.717, 1.165) is 16.7 Å². The van der Waals surface area contributed by atoms with Crippen molar-refractivity contribution in [2.24, 2.45) is 0 Å². The minimum atomic E-state index is -0.784. The Kier molecular flexibility index (Phi) is 6.25. The summed E-state index contributed by atoms with van der Waals surface area (Å²) in [5.74, 6) is -0.887. The van der Waals surface area contributed by atoms with Crippen LogP contribution < -0.4 is 10.9 Å². The second-order valence-electron chi connectivity index (χ2n) is 6.34. The molecule has 0 radical (unpaired) electrons. The van der Waals surface area contributed by atoms with Gasteiger partial charge in [-0.25, -0.2) is 4.98 Å². The van der Waals surface area contributed by atoms with Gasteiger partial charge in [-0.2, -0.15) is 0 Å². The van der Waals surface area contributed by atoms with E-state index < -0.39 is 17.8 Å². The zero-order chi connectivity index (χ0) is 20.8. The summed E-state index contributed by atoms with van der Waals surface area (Å²) in [6.07, 6.45) is 2.49. The topological polar surface area (TPSA) is 114 Å². The maximum Gasteiger partial charge on any atom is 0.290 e. The van der Waals surface area contributed by atoms with E-state index in [2.05, 4.69) is 20.3 Å². The molecule has 0 saturated carbocycles. The number of pyridine rings is 1. The first kappa shape index (κ1) is 20.1. The molecule has 0 bridgehead atoms. The normalized spacial score (nSPS) is 11.7. The number of carbonyl (C=O) groups is 2. The number of Topliss-reactive ketones (excluding diaryl/α,β-unsaturated/α-hetero) is 1. The average Bonchev–Trinajstić information content (AvgIpc) is 2.76. The molecule has 0 aliphatic heterocycles. The molecule has 3 aromatic rings. The monoisotopic (exact) mass is 392 g/mol. The fourth-order valence-corrected chi connectivity index (χ4v) is 2.61. The summed E-state index contributed by atoms with van der Waals surface area (Å²) in [7, 11) is 1.37. The van der Waals surface area contributed by atoms with Crippen LogP contribution in [0.3, 0.4) is 0 Å². The number of aromatic nitrogens is 3. The highest BCUT2D eigenvalue weighted by molar-refractivity contribution is 6.37. The minimum absolute atomic E-state index is 0.197. The van der Waals surface area contributed by atoms with Crippen LogP contribution in [0.5, 0.6) is 0 Å². The molecule has 2 aromatic heterocycles. The first-order valence-electron chi connectivity index (χ1n) is 8.94. The van der Waals surface area contributed by atoms with E-state index in [0.29, 0.717) is 11.5 Å². The molecule has 148 valence electrons. The molecular formula is C21H20N4O4. The van der Waals surface area contributed by atoms with Crippen LogP contribution >= 0.6 is 0 Å². The number of hydrogen-bond donors (Lipinski definition) is 2. The molecule has 0 spiro atoms. The van der Waals surface area contributed by atoms with Gasteiger partial charge in [-0.1, -0.05) is 24.3 Å². The smallest absolute Gasteiger partial charge is 0.290 e. The van der Waals surface area contributed by atoms with E-state index in [1.165, 1.54) is 20.1 Å². The second-order valence-corrected chi connectivity index (χ2v) is 6.34. The van der Waals surface area contributed by atoms with Crippen molar-refractivity contribution in [3.05, 3.63) is 70.8 Å². The Morgan fingerprint density at radius 2 is 1.79 bits per heavy atom. The van der Waals surface area contributed by atoms with E-state index in [1.807, 2.05) is 0 Å². The lowest BCUT2D eigenvalue weighted by molar-refractivity contribution is -0.143. The number of H-pyrrole nitrogens is 1. The molecule has 0 aliphatic rings. The molecule has 2 N–H and O–H groups in total. The van der Waals surface area contributed by atoms with Crippen molar-refractivity contribution in [3.63, 3.8) is 0 Å². The van der Waals surface area contributed by atoms with Crippen molar-refractivity contribution < 1.29 is 14.3 Å². The van der Waals surface area contributed by atoms with Crippen molar-refractivity contribution in [1.29, 1.82) is 0 Å². The second kappa shape index (κ2) is 9.03.